The number of nitrogens with one attached hydrogen (secondary N) is 1. The number of benzene rings is 1. The molecule has 3 rings (SSSR count). The summed E-state index contributed by atoms with van der Waals surface area (Å²) < 4.78 is 0. The van der Waals surface area contributed by atoms with Gasteiger partial charge in [0, 0.05) is 32.1 Å². The van der Waals surface area contributed by atoms with E-state index in [1.807, 2.05) is 7.05 Å². The molecule has 0 radical (unpaired) electrons. The van der Waals surface area contributed by atoms with Crippen molar-refractivity contribution in [1.82, 2.24) is 10.2 Å². The Hall–Kier alpha value is -0.780. The van der Waals surface area contributed by atoms with E-state index in [1.165, 1.54) is 31.2 Å². The zero-order valence-corrected chi connectivity index (χ0v) is 16.0. The summed E-state index contributed by atoms with van der Waals surface area (Å²) in [5.74, 6) is 2.63. The van der Waals surface area contributed by atoms with Crippen molar-refractivity contribution in [3.05, 3.63) is 35.9 Å². The first-order chi connectivity index (χ1) is 10.3. The number of aliphatic imine (C=N–C) groups is 1. The minimum Gasteiger partial charge on any atom is -0.353 e. The molecule has 0 aromatic heterocycles. The van der Waals surface area contributed by atoms with Gasteiger partial charge in [-0.3, -0.25) is 4.99 Å². The minimum atomic E-state index is 0. The van der Waals surface area contributed by atoms with Crippen LogP contribution in [0, 0.1) is 5.92 Å². The van der Waals surface area contributed by atoms with E-state index in [-0.39, 0.29) is 24.0 Å². The quantitative estimate of drug-likeness (QED) is 0.461. The average Bonchev–Trinajstić information content (AvgIpc) is 3.07. The van der Waals surface area contributed by atoms with Crippen LogP contribution in [0.3, 0.4) is 0 Å². The molecule has 1 heterocycles. The van der Waals surface area contributed by atoms with Crippen molar-refractivity contribution in [3.8, 4) is 0 Å². The summed E-state index contributed by atoms with van der Waals surface area (Å²) in [6.45, 7) is 4.48. The zero-order valence-electron chi connectivity index (χ0n) is 13.7. The van der Waals surface area contributed by atoms with Crippen LogP contribution in [0.25, 0.3) is 0 Å². The second kappa shape index (κ2) is 8.18. The predicted molar refractivity (Wildman–Crippen MR) is 104 cm³/mol. The smallest absolute Gasteiger partial charge is 0.193 e. The molecule has 122 valence electrons. The summed E-state index contributed by atoms with van der Waals surface area (Å²) in [6.07, 6.45) is 5.19. The van der Waals surface area contributed by atoms with Gasteiger partial charge in [0.15, 0.2) is 5.96 Å². The van der Waals surface area contributed by atoms with Crippen LogP contribution in [0.2, 0.25) is 0 Å². The third-order valence-corrected chi connectivity index (χ3v) is 4.87. The van der Waals surface area contributed by atoms with Crippen LogP contribution >= 0.6 is 24.0 Å². The number of hydrogen-bond donors (Lipinski definition) is 1. The van der Waals surface area contributed by atoms with Gasteiger partial charge in [-0.1, -0.05) is 43.7 Å². The molecule has 3 nitrogen and oxygen atoms in total. The summed E-state index contributed by atoms with van der Waals surface area (Å²) in [5, 5.41) is 3.67. The van der Waals surface area contributed by atoms with Gasteiger partial charge in [-0.25, -0.2) is 0 Å². The van der Waals surface area contributed by atoms with Gasteiger partial charge in [0.2, 0.25) is 0 Å². The molecule has 0 spiro atoms. The van der Waals surface area contributed by atoms with Gasteiger partial charge >= 0.3 is 0 Å². The Balaban J connectivity index is 0.00000176. The summed E-state index contributed by atoms with van der Waals surface area (Å²) in [7, 11) is 1.91. The van der Waals surface area contributed by atoms with Crippen molar-refractivity contribution in [2.24, 2.45) is 10.9 Å². The highest BCUT2D eigenvalue weighted by molar-refractivity contribution is 14.0. The first kappa shape index (κ1) is 17.6. The van der Waals surface area contributed by atoms with Gasteiger partial charge in [-0.15, -0.1) is 24.0 Å². The molecule has 1 aromatic rings. The molecule has 0 bridgehead atoms. The van der Waals surface area contributed by atoms with E-state index in [2.05, 4.69) is 52.5 Å². The lowest BCUT2D eigenvalue weighted by Crippen LogP contribution is -2.41. The summed E-state index contributed by atoms with van der Waals surface area (Å²) >= 11 is 0. The Kier molecular flexibility index (Phi) is 6.53. The highest BCUT2D eigenvalue weighted by Crippen LogP contribution is 2.35. The standard InChI is InChI=1S/C18H27N3.HI/c1-3-7-15-12-17(15)20-18(19-2)21-11-10-16(13-21)14-8-5-4-6-9-14;/h4-6,8-9,15-17H,3,7,10-13H2,1-2H3,(H,19,20);1H. The average molecular weight is 413 g/mol. The van der Waals surface area contributed by atoms with Gasteiger partial charge in [-0.2, -0.15) is 0 Å². The third kappa shape index (κ3) is 4.15. The molecule has 4 heteroatoms. The third-order valence-electron chi connectivity index (χ3n) is 4.87. The molecule has 1 saturated carbocycles. The van der Waals surface area contributed by atoms with Gasteiger partial charge < -0.3 is 10.2 Å². The molecule has 1 N–H and O–H groups in total. The number of guanidine groups is 1. The summed E-state index contributed by atoms with van der Waals surface area (Å²) in [5.41, 5.74) is 1.46. The molecule has 1 aliphatic heterocycles. The molecule has 3 unspecified atom stereocenters. The zero-order chi connectivity index (χ0) is 14.7. The fourth-order valence-corrected chi connectivity index (χ4v) is 3.53. The first-order valence-corrected chi connectivity index (χ1v) is 8.35. The lowest BCUT2D eigenvalue weighted by Gasteiger charge is -2.22. The molecule has 2 fully saturated rings. The maximum Gasteiger partial charge on any atom is 0.193 e. The van der Waals surface area contributed by atoms with E-state index >= 15 is 0 Å². The largest absolute Gasteiger partial charge is 0.353 e. The normalized spacial score (nSPS) is 27.5. The van der Waals surface area contributed by atoms with Crippen LogP contribution in [-0.2, 0) is 0 Å². The van der Waals surface area contributed by atoms with Gasteiger partial charge in [0.05, 0.1) is 0 Å². The maximum absolute atomic E-state index is 4.50. The van der Waals surface area contributed by atoms with E-state index in [0.717, 1.165) is 25.0 Å². The summed E-state index contributed by atoms with van der Waals surface area (Å²) in [6, 6.07) is 11.6. The number of nitrogens with zero attached hydrogens (tertiary/aromatic N) is 2. The van der Waals surface area contributed by atoms with Crippen LogP contribution in [0.1, 0.15) is 44.1 Å². The predicted octanol–water partition coefficient (Wildman–Crippen LogP) is 3.86. The maximum atomic E-state index is 4.50. The Morgan fingerprint density at radius 2 is 2.09 bits per heavy atom. The van der Waals surface area contributed by atoms with E-state index in [0.29, 0.717) is 12.0 Å². The topological polar surface area (TPSA) is 27.6 Å². The van der Waals surface area contributed by atoms with Crippen LogP contribution in [0.4, 0.5) is 0 Å². The Bertz CT molecular complexity index is 488. The molecule has 2 aliphatic rings. The monoisotopic (exact) mass is 413 g/mol. The number of hydrogen-bond acceptors (Lipinski definition) is 1. The fourth-order valence-electron chi connectivity index (χ4n) is 3.53. The van der Waals surface area contributed by atoms with Crippen molar-refractivity contribution in [2.45, 2.75) is 44.6 Å². The van der Waals surface area contributed by atoms with Crippen molar-refractivity contribution in [3.63, 3.8) is 0 Å². The molecule has 0 amide bonds. The van der Waals surface area contributed by atoms with Crippen LogP contribution in [0.15, 0.2) is 35.3 Å². The number of halogens is 1. The van der Waals surface area contributed by atoms with E-state index in [9.17, 15) is 0 Å². The van der Waals surface area contributed by atoms with E-state index in [1.54, 1.807) is 0 Å². The fraction of sp³-hybridized carbons (Fsp3) is 0.611. The SMILES string of the molecule is CCCC1CC1NC(=NC)N1CCC(c2ccccc2)C1.I. The van der Waals surface area contributed by atoms with Crippen molar-refractivity contribution in [1.29, 1.82) is 0 Å². The van der Waals surface area contributed by atoms with Crippen LogP contribution in [-0.4, -0.2) is 37.0 Å². The van der Waals surface area contributed by atoms with Crippen LogP contribution in [0.5, 0.6) is 0 Å². The van der Waals surface area contributed by atoms with Gasteiger partial charge in [0.1, 0.15) is 0 Å². The highest BCUT2D eigenvalue weighted by atomic mass is 127. The first-order valence-electron chi connectivity index (χ1n) is 8.35. The lowest BCUT2D eigenvalue weighted by atomic mass is 9.99. The van der Waals surface area contributed by atoms with E-state index < -0.39 is 0 Å². The van der Waals surface area contributed by atoms with Gasteiger partial charge in [0.25, 0.3) is 0 Å². The molecule has 1 saturated heterocycles. The molecular weight excluding hydrogens is 385 g/mol. The molecule has 3 atom stereocenters. The molecule has 1 aromatic carbocycles. The Morgan fingerprint density at radius 1 is 1.32 bits per heavy atom. The minimum absolute atomic E-state index is 0. The number of likely N-dealkylation sites (tertiary alicyclic amines) is 1. The molecule has 1 aliphatic carbocycles. The van der Waals surface area contributed by atoms with E-state index in [4.69, 9.17) is 0 Å². The van der Waals surface area contributed by atoms with Crippen molar-refractivity contribution < 1.29 is 0 Å². The second-order valence-corrected chi connectivity index (χ2v) is 6.42. The number of rotatable bonds is 4. The lowest BCUT2D eigenvalue weighted by molar-refractivity contribution is 0.481. The Labute approximate surface area is 151 Å². The van der Waals surface area contributed by atoms with Crippen LogP contribution < -0.4 is 5.32 Å². The van der Waals surface area contributed by atoms with Crippen molar-refractivity contribution in [2.75, 3.05) is 20.1 Å². The second-order valence-electron chi connectivity index (χ2n) is 6.42. The molecule has 22 heavy (non-hydrogen) atoms. The van der Waals surface area contributed by atoms with Gasteiger partial charge in [-0.05, 0) is 30.7 Å². The summed E-state index contributed by atoms with van der Waals surface area (Å²) in [4.78, 5) is 6.93. The highest BCUT2D eigenvalue weighted by Gasteiger charge is 2.38. The molecular formula is C18H28IN3. The Morgan fingerprint density at radius 3 is 2.77 bits per heavy atom. The van der Waals surface area contributed by atoms with Crippen molar-refractivity contribution >= 4 is 29.9 Å².